The summed E-state index contributed by atoms with van der Waals surface area (Å²) in [4.78, 5) is 15.1. The summed E-state index contributed by atoms with van der Waals surface area (Å²) in [6.07, 6.45) is 2.28. The Hall–Kier alpha value is -1.63. The Bertz CT molecular complexity index is 770. The summed E-state index contributed by atoms with van der Waals surface area (Å²) < 4.78 is 11.8. The van der Waals surface area contributed by atoms with E-state index in [2.05, 4.69) is 18.0 Å². The van der Waals surface area contributed by atoms with Gasteiger partial charge in [-0.25, -0.2) is 0 Å². The van der Waals surface area contributed by atoms with Gasteiger partial charge in [0.2, 0.25) is 0 Å². The number of ether oxygens (including phenoxy) is 2. The van der Waals surface area contributed by atoms with Crippen LogP contribution in [0.1, 0.15) is 44.2 Å². The second-order valence-electron chi connectivity index (χ2n) is 8.76. The fourth-order valence-corrected chi connectivity index (χ4v) is 5.67. The number of Topliss-reactive ketones (excluding diaryl/α,β-unsaturated/α-hetero) is 1. The summed E-state index contributed by atoms with van der Waals surface area (Å²) in [5.41, 5.74) is 2.57. The second kappa shape index (κ2) is 7.01. The lowest BCUT2D eigenvalue weighted by atomic mass is 9.52. The summed E-state index contributed by atoms with van der Waals surface area (Å²) in [7, 11) is 3.91. The van der Waals surface area contributed by atoms with E-state index >= 15 is 0 Å². The first-order valence-corrected chi connectivity index (χ1v) is 10.3. The molecule has 0 radical (unpaired) electrons. The van der Waals surface area contributed by atoms with Crippen LogP contribution in [0.3, 0.4) is 0 Å². The number of benzene rings is 1. The van der Waals surface area contributed by atoms with Gasteiger partial charge in [0, 0.05) is 23.4 Å². The van der Waals surface area contributed by atoms with E-state index in [4.69, 9.17) is 19.7 Å². The Morgan fingerprint density at radius 1 is 1.29 bits per heavy atom. The lowest BCUT2D eigenvalue weighted by molar-refractivity contribution is -0.138. The minimum absolute atomic E-state index is 0.0933. The molecule has 2 aliphatic heterocycles. The highest BCUT2D eigenvalue weighted by atomic mass is 16.5. The van der Waals surface area contributed by atoms with Gasteiger partial charge in [0.25, 0.3) is 0 Å². The number of aliphatic hydroxyl groups excluding tert-OH is 2. The van der Waals surface area contributed by atoms with Gasteiger partial charge in [0.05, 0.1) is 19.3 Å². The van der Waals surface area contributed by atoms with E-state index in [0.29, 0.717) is 18.4 Å². The van der Waals surface area contributed by atoms with Crippen molar-refractivity contribution < 1.29 is 24.5 Å². The van der Waals surface area contributed by atoms with Crippen molar-refractivity contribution in [3.05, 3.63) is 23.3 Å². The Morgan fingerprint density at radius 2 is 2.00 bits per heavy atom. The number of hydrogen-bond donors (Lipinski definition) is 2. The molecule has 2 heterocycles. The quantitative estimate of drug-likeness (QED) is 0.801. The Kier molecular flexibility index (Phi) is 4.92. The molecule has 154 valence electrons. The number of likely N-dealkylation sites (N-methyl/N-ethyl adjacent to an activating group) is 1. The van der Waals surface area contributed by atoms with Gasteiger partial charge in [-0.2, -0.15) is 0 Å². The van der Waals surface area contributed by atoms with Crippen molar-refractivity contribution >= 4 is 5.78 Å². The van der Waals surface area contributed by atoms with E-state index in [1.807, 2.05) is 6.07 Å². The van der Waals surface area contributed by atoms with Crippen LogP contribution in [0, 0.1) is 5.92 Å². The molecular formula is C22H31NO5. The van der Waals surface area contributed by atoms with Crippen molar-refractivity contribution in [2.75, 3.05) is 20.7 Å². The predicted molar refractivity (Wildman–Crippen MR) is 105 cm³/mol. The van der Waals surface area contributed by atoms with Crippen LogP contribution in [-0.4, -0.2) is 66.0 Å². The molecule has 1 spiro atoms. The molecule has 1 aromatic rings. The molecule has 6 heteroatoms. The third-order valence-electron chi connectivity index (χ3n) is 7.29. The van der Waals surface area contributed by atoms with Crippen LogP contribution in [-0.2, 0) is 16.6 Å². The number of carbonyl (C=O) groups is 1. The van der Waals surface area contributed by atoms with Crippen LogP contribution in [0.25, 0.3) is 0 Å². The maximum Gasteiger partial charge on any atom is 0.174 e. The van der Waals surface area contributed by atoms with Crippen LogP contribution < -0.4 is 9.47 Å². The molecule has 2 bridgehead atoms. The first-order valence-electron chi connectivity index (χ1n) is 10.3. The largest absolute Gasteiger partial charge is 0.493 e. The standard InChI is InChI=1S/C18H21NO3.C4H10O2/c1-19-8-7-18-11-4-5-13(20)17(18)22-16-14(21-2)6-3-10(15(16)18)9-12(11)19;1-3(5)4(2)6/h3,6,11-12,17H,4-5,7-9H2,1-2H3;3-6H,1-2H3/t11-,12+,17-,18-;/m0./s1. The van der Waals surface area contributed by atoms with Crippen molar-refractivity contribution in [3.63, 3.8) is 0 Å². The van der Waals surface area contributed by atoms with Crippen molar-refractivity contribution in [2.45, 2.75) is 69.3 Å². The van der Waals surface area contributed by atoms with Gasteiger partial charge in [0.15, 0.2) is 23.4 Å². The minimum atomic E-state index is -0.593. The molecule has 28 heavy (non-hydrogen) atoms. The zero-order valence-corrected chi connectivity index (χ0v) is 17.1. The number of piperidine rings is 1. The highest BCUT2D eigenvalue weighted by Gasteiger charge is 2.65. The van der Waals surface area contributed by atoms with E-state index in [9.17, 15) is 4.79 Å². The Morgan fingerprint density at radius 3 is 2.64 bits per heavy atom. The van der Waals surface area contributed by atoms with Crippen molar-refractivity contribution in [1.82, 2.24) is 4.90 Å². The molecule has 0 amide bonds. The molecule has 0 aromatic heterocycles. The summed E-state index contributed by atoms with van der Waals surface area (Å²) in [5.74, 6) is 2.46. The molecular weight excluding hydrogens is 358 g/mol. The summed E-state index contributed by atoms with van der Waals surface area (Å²) in [6.45, 7) is 4.14. The highest BCUT2D eigenvalue weighted by molar-refractivity contribution is 5.89. The third kappa shape index (κ3) is 2.69. The summed E-state index contributed by atoms with van der Waals surface area (Å²) in [5, 5.41) is 16.8. The van der Waals surface area contributed by atoms with Crippen LogP contribution in [0.5, 0.6) is 11.5 Å². The number of hydrogen-bond acceptors (Lipinski definition) is 6. The monoisotopic (exact) mass is 389 g/mol. The van der Waals surface area contributed by atoms with Crippen LogP contribution in [0.2, 0.25) is 0 Å². The molecule has 6 atom stereocenters. The number of carbonyl (C=O) groups excluding carboxylic acids is 1. The molecule has 2 fully saturated rings. The van der Waals surface area contributed by atoms with Crippen molar-refractivity contribution in [3.8, 4) is 11.5 Å². The predicted octanol–water partition coefficient (Wildman–Crippen LogP) is 1.68. The second-order valence-corrected chi connectivity index (χ2v) is 8.76. The van der Waals surface area contributed by atoms with Gasteiger partial charge in [0.1, 0.15) is 0 Å². The molecule has 1 aromatic carbocycles. The molecule has 1 saturated heterocycles. The number of methoxy groups -OCH3 is 1. The van der Waals surface area contributed by atoms with Gasteiger partial charge < -0.3 is 24.6 Å². The SMILES string of the molecule is CC(O)C(C)O.COc1ccc2c3c1O[C@H]1C(=O)CC[C@H]4[C@@H](C2)N(C)CC[C@]314. The number of aliphatic hydroxyl groups is 2. The van der Waals surface area contributed by atoms with Crippen molar-refractivity contribution in [2.24, 2.45) is 5.92 Å². The first-order chi connectivity index (χ1) is 13.3. The Balaban J connectivity index is 0.000000283. The zero-order valence-electron chi connectivity index (χ0n) is 17.1. The molecule has 5 rings (SSSR count). The maximum absolute atomic E-state index is 12.6. The average molecular weight is 389 g/mol. The fourth-order valence-electron chi connectivity index (χ4n) is 5.67. The van der Waals surface area contributed by atoms with Crippen molar-refractivity contribution in [1.29, 1.82) is 0 Å². The topological polar surface area (TPSA) is 79.2 Å². The van der Waals surface area contributed by atoms with E-state index < -0.39 is 12.2 Å². The van der Waals surface area contributed by atoms with E-state index in [1.165, 1.54) is 11.1 Å². The minimum Gasteiger partial charge on any atom is -0.493 e. The number of likely N-dealkylation sites (tertiary alicyclic amines) is 1. The van der Waals surface area contributed by atoms with Gasteiger partial charge in [-0.15, -0.1) is 0 Å². The molecule has 2 unspecified atom stereocenters. The van der Waals surface area contributed by atoms with Crippen LogP contribution >= 0.6 is 0 Å². The lowest BCUT2D eigenvalue weighted by Gasteiger charge is -2.57. The van der Waals surface area contributed by atoms with E-state index in [-0.39, 0.29) is 17.3 Å². The van der Waals surface area contributed by atoms with Gasteiger partial charge in [-0.1, -0.05) is 6.07 Å². The van der Waals surface area contributed by atoms with Gasteiger partial charge in [-0.05, 0) is 64.3 Å². The highest BCUT2D eigenvalue weighted by Crippen LogP contribution is 2.63. The Labute approximate surface area is 166 Å². The molecule has 6 nitrogen and oxygen atoms in total. The number of rotatable bonds is 2. The third-order valence-corrected chi connectivity index (χ3v) is 7.29. The van der Waals surface area contributed by atoms with E-state index in [1.54, 1.807) is 21.0 Å². The molecule has 2 aliphatic carbocycles. The van der Waals surface area contributed by atoms with Gasteiger partial charge >= 0.3 is 0 Å². The molecule has 4 aliphatic rings. The van der Waals surface area contributed by atoms with E-state index in [0.717, 1.165) is 37.3 Å². The summed E-state index contributed by atoms with van der Waals surface area (Å²) >= 11 is 0. The lowest BCUT2D eigenvalue weighted by Crippen LogP contribution is -2.65. The number of nitrogens with zero attached hydrogens (tertiary/aromatic N) is 1. The van der Waals surface area contributed by atoms with Crippen LogP contribution in [0.4, 0.5) is 0 Å². The molecule has 2 N–H and O–H groups in total. The van der Waals surface area contributed by atoms with Crippen LogP contribution in [0.15, 0.2) is 12.1 Å². The number of ketones is 1. The normalized spacial score (nSPS) is 34.5. The molecule has 1 saturated carbocycles. The first kappa shape index (κ1) is 19.7. The zero-order chi connectivity index (χ0) is 20.2. The maximum atomic E-state index is 12.6. The average Bonchev–Trinajstić information content (AvgIpc) is 3.02. The smallest absolute Gasteiger partial charge is 0.174 e. The fraction of sp³-hybridized carbons (Fsp3) is 0.682. The van der Waals surface area contributed by atoms with Gasteiger partial charge in [-0.3, -0.25) is 4.79 Å². The summed E-state index contributed by atoms with van der Waals surface area (Å²) in [6, 6.07) is 4.73.